The average molecular weight is 354 g/mol. The van der Waals surface area contributed by atoms with E-state index in [-0.39, 0.29) is 12.8 Å². The molecule has 0 aliphatic heterocycles. The van der Waals surface area contributed by atoms with Crippen LogP contribution in [0.15, 0.2) is 58.3 Å². The lowest BCUT2D eigenvalue weighted by molar-refractivity contribution is -0.115. The van der Waals surface area contributed by atoms with Gasteiger partial charge in [0.15, 0.2) is 0 Å². The van der Waals surface area contributed by atoms with Gasteiger partial charge < -0.3 is 0 Å². The van der Waals surface area contributed by atoms with Gasteiger partial charge in [-0.15, -0.1) is 0 Å². The highest BCUT2D eigenvalue weighted by Gasteiger charge is 2.15. The van der Waals surface area contributed by atoms with E-state index in [1.54, 1.807) is 62.4 Å². The molecular formula is C20H18O4S. The number of Topliss-reactive ketones (excluding diaryl/α,β-unsaturated/α-hetero) is 4. The van der Waals surface area contributed by atoms with Crippen LogP contribution in [-0.2, 0) is 9.59 Å². The summed E-state index contributed by atoms with van der Waals surface area (Å²) >= 11 is 1.46. The van der Waals surface area contributed by atoms with Crippen LogP contribution < -0.4 is 0 Å². The fourth-order valence-corrected chi connectivity index (χ4v) is 2.94. The van der Waals surface area contributed by atoms with Crippen LogP contribution in [0.25, 0.3) is 0 Å². The Kier molecular flexibility index (Phi) is 6.42. The molecule has 128 valence electrons. The molecule has 0 N–H and O–H groups in total. The summed E-state index contributed by atoms with van der Waals surface area (Å²) in [6.45, 7) is 3.32. The SMILES string of the molecule is CCC(=O)C(=O)c1ccc(Sc2ccc(C(=O)C(=O)CC)cc2)cc1. The number of hydrogen-bond acceptors (Lipinski definition) is 5. The third kappa shape index (κ3) is 4.73. The van der Waals surface area contributed by atoms with Crippen LogP contribution in [0, 0.1) is 0 Å². The monoisotopic (exact) mass is 354 g/mol. The zero-order chi connectivity index (χ0) is 18.4. The summed E-state index contributed by atoms with van der Waals surface area (Å²) in [6, 6.07) is 13.7. The Morgan fingerprint density at radius 2 is 0.960 bits per heavy atom. The number of benzene rings is 2. The molecule has 0 spiro atoms. The number of carbonyl (C=O) groups excluding carboxylic acids is 4. The maximum Gasteiger partial charge on any atom is 0.228 e. The Labute approximate surface area is 150 Å². The summed E-state index contributed by atoms with van der Waals surface area (Å²) in [6.07, 6.45) is 0.391. The summed E-state index contributed by atoms with van der Waals surface area (Å²) < 4.78 is 0. The van der Waals surface area contributed by atoms with Gasteiger partial charge in [-0.05, 0) is 48.5 Å². The second-order valence-electron chi connectivity index (χ2n) is 5.36. The first kappa shape index (κ1) is 18.8. The summed E-state index contributed by atoms with van der Waals surface area (Å²) in [4.78, 5) is 48.3. The van der Waals surface area contributed by atoms with Crippen molar-refractivity contribution < 1.29 is 19.2 Å². The van der Waals surface area contributed by atoms with Gasteiger partial charge in [-0.1, -0.05) is 25.6 Å². The molecule has 0 unspecified atom stereocenters. The van der Waals surface area contributed by atoms with Gasteiger partial charge in [-0.2, -0.15) is 0 Å². The van der Waals surface area contributed by atoms with Crippen LogP contribution in [0.3, 0.4) is 0 Å². The molecule has 0 amide bonds. The highest BCUT2D eigenvalue weighted by atomic mass is 32.2. The van der Waals surface area contributed by atoms with Gasteiger partial charge in [0.2, 0.25) is 23.1 Å². The molecule has 25 heavy (non-hydrogen) atoms. The molecule has 0 aliphatic carbocycles. The molecule has 0 heterocycles. The van der Waals surface area contributed by atoms with Crippen molar-refractivity contribution in [3.8, 4) is 0 Å². The highest BCUT2D eigenvalue weighted by Crippen LogP contribution is 2.28. The Hall–Kier alpha value is -2.53. The molecule has 0 aliphatic rings. The van der Waals surface area contributed by atoms with E-state index in [2.05, 4.69) is 0 Å². The zero-order valence-electron chi connectivity index (χ0n) is 14.1. The van der Waals surface area contributed by atoms with Crippen molar-refractivity contribution in [3.05, 3.63) is 59.7 Å². The van der Waals surface area contributed by atoms with Crippen molar-refractivity contribution in [1.82, 2.24) is 0 Å². The topological polar surface area (TPSA) is 68.3 Å². The van der Waals surface area contributed by atoms with Gasteiger partial charge in [0.25, 0.3) is 0 Å². The van der Waals surface area contributed by atoms with Gasteiger partial charge in [0, 0.05) is 33.8 Å². The molecule has 0 fully saturated rings. The van der Waals surface area contributed by atoms with Crippen LogP contribution >= 0.6 is 11.8 Å². The second-order valence-corrected chi connectivity index (χ2v) is 6.51. The Morgan fingerprint density at radius 3 is 1.24 bits per heavy atom. The van der Waals surface area contributed by atoms with E-state index < -0.39 is 23.1 Å². The number of ketones is 4. The van der Waals surface area contributed by atoms with Crippen molar-refractivity contribution in [3.63, 3.8) is 0 Å². The Balaban J connectivity index is 2.07. The van der Waals surface area contributed by atoms with Crippen LogP contribution in [0.5, 0.6) is 0 Å². The fraction of sp³-hybridized carbons (Fsp3) is 0.200. The molecule has 0 saturated heterocycles. The standard InChI is InChI=1S/C20H18O4S/c1-3-17(21)19(23)13-5-9-15(10-6-13)25-16-11-7-14(8-12-16)20(24)18(22)4-2/h5-12H,3-4H2,1-2H3. The van der Waals surface area contributed by atoms with Gasteiger partial charge in [0.05, 0.1) is 0 Å². The summed E-state index contributed by atoms with van der Waals surface area (Å²) in [5, 5.41) is 0. The smallest absolute Gasteiger partial charge is 0.228 e. The largest absolute Gasteiger partial charge is 0.290 e. The number of carbonyl (C=O) groups is 4. The fourth-order valence-electron chi connectivity index (χ4n) is 2.13. The zero-order valence-corrected chi connectivity index (χ0v) is 14.9. The normalized spacial score (nSPS) is 10.3. The highest BCUT2D eigenvalue weighted by molar-refractivity contribution is 7.99. The minimum atomic E-state index is -0.470. The molecule has 5 heteroatoms. The lowest BCUT2D eigenvalue weighted by Crippen LogP contribution is -2.12. The van der Waals surface area contributed by atoms with Gasteiger partial charge in [-0.25, -0.2) is 0 Å². The lowest BCUT2D eigenvalue weighted by atomic mass is 10.1. The lowest BCUT2D eigenvalue weighted by Gasteiger charge is -2.04. The van der Waals surface area contributed by atoms with E-state index in [1.165, 1.54) is 11.8 Å². The van der Waals surface area contributed by atoms with Crippen molar-refractivity contribution >= 4 is 34.9 Å². The minimum Gasteiger partial charge on any atom is -0.290 e. The first-order chi connectivity index (χ1) is 12.0. The molecule has 2 aromatic rings. The van der Waals surface area contributed by atoms with E-state index in [0.29, 0.717) is 11.1 Å². The first-order valence-corrected chi connectivity index (χ1v) is 8.81. The summed E-state index contributed by atoms with van der Waals surface area (Å²) in [7, 11) is 0. The summed E-state index contributed by atoms with van der Waals surface area (Å²) in [5.74, 6) is -1.74. The van der Waals surface area contributed by atoms with Crippen molar-refractivity contribution in [1.29, 1.82) is 0 Å². The van der Waals surface area contributed by atoms with E-state index in [1.807, 2.05) is 0 Å². The van der Waals surface area contributed by atoms with Crippen molar-refractivity contribution in [2.45, 2.75) is 36.5 Å². The molecule has 2 aromatic carbocycles. The third-order valence-electron chi connectivity index (χ3n) is 3.62. The van der Waals surface area contributed by atoms with Crippen LogP contribution in [0.4, 0.5) is 0 Å². The van der Waals surface area contributed by atoms with E-state index >= 15 is 0 Å². The van der Waals surface area contributed by atoms with Crippen molar-refractivity contribution in [2.75, 3.05) is 0 Å². The number of rotatable bonds is 8. The number of hydrogen-bond donors (Lipinski definition) is 0. The molecule has 2 rings (SSSR count). The Bertz CT molecular complexity index is 735. The van der Waals surface area contributed by atoms with Crippen LogP contribution in [-0.4, -0.2) is 23.1 Å². The van der Waals surface area contributed by atoms with Gasteiger partial charge in [-0.3, -0.25) is 19.2 Å². The molecule has 0 atom stereocenters. The summed E-state index contributed by atoms with van der Waals surface area (Å²) in [5.41, 5.74) is 0.769. The molecule has 0 saturated carbocycles. The molecule has 4 nitrogen and oxygen atoms in total. The molecular weight excluding hydrogens is 336 g/mol. The van der Waals surface area contributed by atoms with E-state index in [0.717, 1.165) is 9.79 Å². The van der Waals surface area contributed by atoms with Gasteiger partial charge >= 0.3 is 0 Å². The van der Waals surface area contributed by atoms with Crippen LogP contribution in [0.1, 0.15) is 47.4 Å². The molecule has 0 radical (unpaired) electrons. The van der Waals surface area contributed by atoms with E-state index in [9.17, 15) is 19.2 Å². The second kappa shape index (κ2) is 8.53. The predicted octanol–water partition coefficient (Wildman–Crippen LogP) is 4.16. The van der Waals surface area contributed by atoms with Gasteiger partial charge in [0.1, 0.15) is 0 Å². The first-order valence-electron chi connectivity index (χ1n) is 7.99. The predicted molar refractivity (Wildman–Crippen MR) is 96.3 cm³/mol. The average Bonchev–Trinajstić information content (AvgIpc) is 2.66. The maximum absolute atomic E-state index is 11.8. The minimum absolute atomic E-state index is 0.195. The Morgan fingerprint density at radius 1 is 0.640 bits per heavy atom. The quantitative estimate of drug-likeness (QED) is 0.526. The van der Waals surface area contributed by atoms with Crippen LogP contribution in [0.2, 0.25) is 0 Å². The maximum atomic E-state index is 11.8. The van der Waals surface area contributed by atoms with Crippen molar-refractivity contribution in [2.24, 2.45) is 0 Å². The third-order valence-corrected chi connectivity index (χ3v) is 4.63. The molecule has 0 aromatic heterocycles. The van der Waals surface area contributed by atoms with E-state index in [4.69, 9.17) is 0 Å². The molecule has 0 bridgehead atoms.